The third-order valence-electron chi connectivity index (χ3n) is 2.15. The number of aryl methyl sites for hydroxylation is 1. The number of aromatic nitrogens is 1. The van der Waals surface area contributed by atoms with E-state index >= 15 is 0 Å². The van der Waals surface area contributed by atoms with E-state index in [1.807, 2.05) is 31.2 Å². The summed E-state index contributed by atoms with van der Waals surface area (Å²) in [5.41, 5.74) is 7.36. The number of benzene rings is 1. The Morgan fingerprint density at radius 1 is 1.31 bits per heavy atom. The zero-order chi connectivity index (χ0) is 11.5. The molecule has 0 radical (unpaired) electrons. The molecule has 82 valence electrons. The van der Waals surface area contributed by atoms with Crippen molar-refractivity contribution in [2.45, 2.75) is 6.92 Å². The Labute approximate surface area is 102 Å². The number of hydrogen-bond donors (Lipinski definition) is 1. The minimum absolute atomic E-state index is 0.428. The van der Waals surface area contributed by atoms with E-state index in [2.05, 4.69) is 20.9 Å². The Balaban J connectivity index is 2.31. The van der Waals surface area contributed by atoms with Crippen LogP contribution in [-0.2, 0) is 0 Å². The maximum absolute atomic E-state index is 5.80. The van der Waals surface area contributed by atoms with Gasteiger partial charge in [-0.1, -0.05) is 18.2 Å². The fraction of sp³-hybridized carbons (Fsp3) is 0.0833. The van der Waals surface area contributed by atoms with Crippen LogP contribution in [0.2, 0.25) is 0 Å². The lowest BCUT2D eigenvalue weighted by Crippen LogP contribution is -1.95. The molecular formula is C12H11BrN2O. The van der Waals surface area contributed by atoms with Crippen molar-refractivity contribution in [1.29, 1.82) is 0 Å². The molecule has 0 aliphatic carbocycles. The monoisotopic (exact) mass is 278 g/mol. The molecule has 1 heterocycles. The second-order valence-corrected chi connectivity index (χ2v) is 4.33. The lowest BCUT2D eigenvalue weighted by molar-refractivity contribution is 0.462. The van der Waals surface area contributed by atoms with Crippen LogP contribution >= 0.6 is 15.9 Å². The first-order chi connectivity index (χ1) is 7.66. The molecule has 0 bridgehead atoms. The van der Waals surface area contributed by atoms with Crippen LogP contribution in [0.25, 0.3) is 0 Å². The highest BCUT2D eigenvalue weighted by Gasteiger charge is 2.05. The summed E-state index contributed by atoms with van der Waals surface area (Å²) < 4.78 is 6.47. The van der Waals surface area contributed by atoms with Gasteiger partial charge in [-0.25, -0.2) is 4.98 Å². The number of nitrogen functional groups attached to an aromatic ring is 1. The van der Waals surface area contributed by atoms with Gasteiger partial charge in [-0.2, -0.15) is 0 Å². The highest BCUT2D eigenvalue weighted by Crippen LogP contribution is 2.28. The fourth-order valence-corrected chi connectivity index (χ4v) is 1.65. The van der Waals surface area contributed by atoms with Crippen LogP contribution in [-0.4, -0.2) is 4.98 Å². The standard InChI is InChI=1S/C12H11BrN2O/c1-8-4-2-3-5-11(8)16-12-10(14)6-9(13)7-15-12/h2-7H,14H2,1H3. The first-order valence-electron chi connectivity index (χ1n) is 4.81. The van der Waals surface area contributed by atoms with Crippen molar-refractivity contribution >= 4 is 21.6 Å². The van der Waals surface area contributed by atoms with E-state index in [9.17, 15) is 0 Å². The van der Waals surface area contributed by atoms with Crippen molar-refractivity contribution in [2.75, 3.05) is 5.73 Å². The molecule has 0 atom stereocenters. The molecule has 1 aromatic carbocycles. The second-order valence-electron chi connectivity index (χ2n) is 3.42. The summed E-state index contributed by atoms with van der Waals surface area (Å²) in [6, 6.07) is 9.50. The number of halogens is 1. The molecule has 4 heteroatoms. The van der Waals surface area contributed by atoms with Gasteiger partial charge in [0.15, 0.2) is 0 Å². The lowest BCUT2D eigenvalue weighted by atomic mass is 10.2. The predicted octanol–water partition coefficient (Wildman–Crippen LogP) is 3.53. The number of pyridine rings is 1. The summed E-state index contributed by atoms with van der Waals surface area (Å²) in [6.45, 7) is 1.98. The molecule has 0 amide bonds. The van der Waals surface area contributed by atoms with Crippen LogP contribution < -0.4 is 10.5 Å². The Morgan fingerprint density at radius 3 is 2.75 bits per heavy atom. The summed E-state index contributed by atoms with van der Waals surface area (Å²) in [5.74, 6) is 1.20. The third-order valence-corrected chi connectivity index (χ3v) is 2.58. The van der Waals surface area contributed by atoms with Gasteiger partial charge in [0.2, 0.25) is 5.88 Å². The lowest BCUT2D eigenvalue weighted by Gasteiger charge is -2.09. The SMILES string of the molecule is Cc1ccccc1Oc1ncc(Br)cc1N. The van der Waals surface area contributed by atoms with Crippen molar-refractivity contribution in [3.63, 3.8) is 0 Å². The highest BCUT2D eigenvalue weighted by atomic mass is 79.9. The van der Waals surface area contributed by atoms with E-state index in [1.165, 1.54) is 0 Å². The van der Waals surface area contributed by atoms with Gasteiger partial charge >= 0.3 is 0 Å². The molecule has 0 aliphatic rings. The van der Waals surface area contributed by atoms with Gasteiger partial charge in [0, 0.05) is 10.7 Å². The van der Waals surface area contributed by atoms with Crippen LogP contribution in [0.15, 0.2) is 41.0 Å². The van der Waals surface area contributed by atoms with Crippen molar-refractivity contribution < 1.29 is 4.74 Å². The molecule has 2 N–H and O–H groups in total. The number of para-hydroxylation sites is 1. The predicted molar refractivity (Wildman–Crippen MR) is 67.6 cm³/mol. The van der Waals surface area contributed by atoms with Gasteiger partial charge in [0.1, 0.15) is 5.75 Å². The van der Waals surface area contributed by atoms with Crippen molar-refractivity contribution in [2.24, 2.45) is 0 Å². The molecule has 0 unspecified atom stereocenters. The van der Waals surface area contributed by atoms with Gasteiger partial charge in [-0.3, -0.25) is 0 Å². The molecule has 1 aromatic heterocycles. The van der Waals surface area contributed by atoms with E-state index in [0.29, 0.717) is 11.6 Å². The number of nitrogens with two attached hydrogens (primary N) is 1. The molecular weight excluding hydrogens is 268 g/mol. The number of nitrogens with zero attached hydrogens (tertiary/aromatic N) is 1. The van der Waals surface area contributed by atoms with Crippen LogP contribution in [0.5, 0.6) is 11.6 Å². The van der Waals surface area contributed by atoms with E-state index in [0.717, 1.165) is 15.8 Å². The van der Waals surface area contributed by atoms with Crippen LogP contribution in [0, 0.1) is 6.92 Å². The average molecular weight is 279 g/mol. The molecule has 0 fully saturated rings. The molecule has 0 aliphatic heterocycles. The molecule has 0 spiro atoms. The summed E-state index contributed by atoms with van der Waals surface area (Å²) >= 11 is 3.30. The highest BCUT2D eigenvalue weighted by molar-refractivity contribution is 9.10. The number of anilines is 1. The first kappa shape index (κ1) is 11.0. The maximum atomic E-state index is 5.80. The minimum Gasteiger partial charge on any atom is -0.437 e. The molecule has 2 aromatic rings. The maximum Gasteiger partial charge on any atom is 0.242 e. The molecule has 3 nitrogen and oxygen atoms in total. The summed E-state index contributed by atoms with van der Waals surface area (Å²) in [4.78, 5) is 4.12. The van der Waals surface area contributed by atoms with Crippen molar-refractivity contribution in [3.8, 4) is 11.6 Å². The van der Waals surface area contributed by atoms with Gasteiger partial charge in [-0.05, 0) is 40.5 Å². The van der Waals surface area contributed by atoms with Gasteiger partial charge in [0.25, 0.3) is 0 Å². The number of hydrogen-bond acceptors (Lipinski definition) is 3. The third kappa shape index (κ3) is 2.33. The second kappa shape index (κ2) is 4.53. The summed E-state index contributed by atoms with van der Waals surface area (Å²) in [7, 11) is 0. The van der Waals surface area contributed by atoms with Gasteiger partial charge in [0.05, 0.1) is 5.69 Å². The van der Waals surface area contributed by atoms with Crippen LogP contribution in [0.1, 0.15) is 5.56 Å². The van der Waals surface area contributed by atoms with Gasteiger partial charge in [-0.15, -0.1) is 0 Å². The van der Waals surface area contributed by atoms with Gasteiger partial charge < -0.3 is 10.5 Å². The van der Waals surface area contributed by atoms with E-state index in [4.69, 9.17) is 10.5 Å². The quantitative estimate of drug-likeness (QED) is 0.914. The largest absolute Gasteiger partial charge is 0.437 e. The Morgan fingerprint density at radius 2 is 2.06 bits per heavy atom. The van der Waals surface area contributed by atoms with Crippen molar-refractivity contribution in [1.82, 2.24) is 4.98 Å². The van der Waals surface area contributed by atoms with Crippen LogP contribution in [0.3, 0.4) is 0 Å². The summed E-state index contributed by atoms with van der Waals surface area (Å²) in [5, 5.41) is 0. The molecule has 2 rings (SSSR count). The molecule has 0 saturated carbocycles. The number of rotatable bonds is 2. The summed E-state index contributed by atoms with van der Waals surface area (Å²) in [6.07, 6.45) is 1.66. The smallest absolute Gasteiger partial charge is 0.242 e. The molecule has 0 saturated heterocycles. The average Bonchev–Trinajstić information content (AvgIpc) is 2.25. The number of ether oxygens (including phenoxy) is 1. The Kier molecular flexibility index (Phi) is 3.10. The van der Waals surface area contributed by atoms with Crippen molar-refractivity contribution in [3.05, 3.63) is 46.6 Å². The van der Waals surface area contributed by atoms with E-state index in [1.54, 1.807) is 12.3 Å². The van der Waals surface area contributed by atoms with E-state index in [-0.39, 0.29) is 0 Å². The van der Waals surface area contributed by atoms with Crippen LogP contribution in [0.4, 0.5) is 5.69 Å². The Bertz CT molecular complexity index is 514. The van der Waals surface area contributed by atoms with E-state index < -0.39 is 0 Å². The molecule has 16 heavy (non-hydrogen) atoms. The zero-order valence-electron chi connectivity index (χ0n) is 8.77. The Hall–Kier alpha value is -1.55. The zero-order valence-corrected chi connectivity index (χ0v) is 10.4. The minimum atomic E-state index is 0.428. The normalized spacial score (nSPS) is 10.1. The first-order valence-corrected chi connectivity index (χ1v) is 5.60. The fourth-order valence-electron chi connectivity index (χ4n) is 1.30. The topological polar surface area (TPSA) is 48.1 Å².